The Bertz CT molecular complexity index is 937. The highest BCUT2D eigenvalue weighted by molar-refractivity contribution is 5.92. The second kappa shape index (κ2) is 5.85. The van der Waals surface area contributed by atoms with Gasteiger partial charge in [-0.3, -0.25) is 4.79 Å². The van der Waals surface area contributed by atoms with Crippen LogP contribution in [-0.4, -0.2) is 25.5 Å². The van der Waals surface area contributed by atoms with Crippen LogP contribution in [-0.2, 0) is 11.2 Å². The van der Waals surface area contributed by atoms with E-state index < -0.39 is 0 Å². The number of aromatic nitrogens is 4. The van der Waals surface area contributed by atoms with Gasteiger partial charge in [0, 0.05) is 22.6 Å². The first-order chi connectivity index (χ1) is 11.1. The number of nitriles is 1. The van der Waals surface area contributed by atoms with Crippen LogP contribution in [0, 0.1) is 25.2 Å². The van der Waals surface area contributed by atoms with Gasteiger partial charge in [-0.25, -0.2) is 9.50 Å². The van der Waals surface area contributed by atoms with E-state index >= 15 is 0 Å². The molecule has 0 spiro atoms. The minimum Gasteiger partial charge on any atom is -0.326 e. The third-order valence-electron chi connectivity index (χ3n) is 3.60. The molecule has 1 amide bonds. The van der Waals surface area contributed by atoms with Crippen LogP contribution in [0.5, 0.6) is 0 Å². The average molecular weight is 306 g/mol. The Morgan fingerprint density at radius 2 is 2.22 bits per heavy atom. The van der Waals surface area contributed by atoms with Crippen molar-refractivity contribution >= 4 is 17.4 Å². The number of fused-ring (bicyclic) bond motifs is 1. The molecule has 0 saturated carbocycles. The van der Waals surface area contributed by atoms with Gasteiger partial charge in [-0.15, -0.1) is 0 Å². The van der Waals surface area contributed by atoms with Crippen molar-refractivity contribution < 1.29 is 4.79 Å². The van der Waals surface area contributed by atoms with Crippen molar-refractivity contribution in [3.05, 3.63) is 53.1 Å². The van der Waals surface area contributed by atoms with E-state index in [1.807, 2.05) is 19.9 Å². The maximum Gasteiger partial charge on any atom is 0.252 e. The summed E-state index contributed by atoms with van der Waals surface area (Å²) in [4.78, 5) is 20.7. The Kier molecular flexibility index (Phi) is 3.73. The molecule has 2 heterocycles. The maximum absolute atomic E-state index is 12.3. The van der Waals surface area contributed by atoms with E-state index in [2.05, 4.69) is 20.4 Å². The second-order valence-corrected chi connectivity index (χ2v) is 5.15. The Hall–Kier alpha value is -3.27. The van der Waals surface area contributed by atoms with Gasteiger partial charge >= 0.3 is 0 Å². The minimum absolute atomic E-state index is 0.174. The molecule has 7 nitrogen and oxygen atoms in total. The SMILES string of the molecule is Cc1nc2ncnn2c(C)c1CC(=O)Nc1cccc(C#N)c1. The van der Waals surface area contributed by atoms with Crippen LogP contribution >= 0.6 is 0 Å². The lowest BCUT2D eigenvalue weighted by Gasteiger charge is -2.11. The Labute approximate surface area is 132 Å². The number of benzene rings is 1. The zero-order chi connectivity index (χ0) is 16.4. The van der Waals surface area contributed by atoms with Crippen molar-refractivity contribution in [2.75, 3.05) is 5.32 Å². The largest absolute Gasteiger partial charge is 0.326 e. The van der Waals surface area contributed by atoms with Crippen molar-refractivity contribution in [2.45, 2.75) is 20.3 Å². The monoisotopic (exact) mass is 306 g/mol. The van der Waals surface area contributed by atoms with Crippen LogP contribution in [0.25, 0.3) is 5.78 Å². The molecule has 0 fully saturated rings. The van der Waals surface area contributed by atoms with E-state index in [0.29, 0.717) is 17.0 Å². The fraction of sp³-hybridized carbons (Fsp3) is 0.188. The molecule has 0 aliphatic carbocycles. The molecule has 0 radical (unpaired) electrons. The normalized spacial score (nSPS) is 10.5. The number of rotatable bonds is 3. The van der Waals surface area contributed by atoms with Gasteiger partial charge in [0.05, 0.1) is 18.1 Å². The van der Waals surface area contributed by atoms with Crippen LogP contribution in [0.3, 0.4) is 0 Å². The number of anilines is 1. The smallest absolute Gasteiger partial charge is 0.252 e. The molecule has 114 valence electrons. The summed E-state index contributed by atoms with van der Waals surface area (Å²) < 4.78 is 1.62. The van der Waals surface area contributed by atoms with Crippen LogP contribution in [0.1, 0.15) is 22.5 Å². The van der Waals surface area contributed by atoms with Crippen LogP contribution in [0.4, 0.5) is 5.69 Å². The number of hydrogen-bond donors (Lipinski definition) is 1. The average Bonchev–Trinajstić information content (AvgIpc) is 3.00. The molecule has 0 aliphatic heterocycles. The van der Waals surface area contributed by atoms with Crippen LogP contribution < -0.4 is 5.32 Å². The molecule has 1 aromatic carbocycles. The van der Waals surface area contributed by atoms with Crippen LogP contribution in [0.15, 0.2) is 30.6 Å². The minimum atomic E-state index is -0.174. The molecule has 0 atom stereocenters. The summed E-state index contributed by atoms with van der Waals surface area (Å²) in [6, 6.07) is 8.85. The van der Waals surface area contributed by atoms with Gasteiger partial charge in [0.2, 0.25) is 5.91 Å². The first kappa shape index (κ1) is 14.7. The van der Waals surface area contributed by atoms with E-state index in [0.717, 1.165) is 17.0 Å². The predicted molar refractivity (Wildman–Crippen MR) is 83.7 cm³/mol. The lowest BCUT2D eigenvalue weighted by Crippen LogP contribution is -2.17. The molecule has 0 unspecified atom stereocenters. The van der Waals surface area contributed by atoms with Gasteiger partial charge in [-0.1, -0.05) is 6.07 Å². The molecule has 7 heteroatoms. The molecule has 0 bridgehead atoms. The number of amides is 1. The lowest BCUT2D eigenvalue weighted by molar-refractivity contribution is -0.115. The Balaban J connectivity index is 1.84. The topological polar surface area (TPSA) is 96.0 Å². The molecule has 2 aromatic heterocycles. The lowest BCUT2D eigenvalue weighted by atomic mass is 10.1. The fourth-order valence-electron chi connectivity index (χ4n) is 2.44. The summed E-state index contributed by atoms with van der Waals surface area (Å²) in [7, 11) is 0. The molecule has 0 aliphatic rings. The third kappa shape index (κ3) is 2.87. The molecular formula is C16H14N6O. The zero-order valence-corrected chi connectivity index (χ0v) is 12.7. The Morgan fingerprint density at radius 3 is 3.00 bits per heavy atom. The number of aryl methyl sites for hydroxylation is 2. The van der Waals surface area contributed by atoms with Crippen molar-refractivity contribution in [1.82, 2.24) is 19.6 Å². The predicted octanol–water partition coefficient (Wildman–Crippen LogP) is 1.79. The van der Waals surface area contributed by atoms with Crippen molar-refractivity contribution in [3.8, 4) is 6.07 Å². The van der Waals surface area contributed by atoms with E-state index in [1.165, 1.54) is 6.33 Å². The van der Waals surface area contributed by atoms with Gasteiger partial charge < -0.3 is 5.32 Å². The van der Waals surface area contributed by atoms with Gasteiger partial charge in [-0.2, -0.15) is 15.3 Å². The van der Waals surface area contributed by atoms with Gasteiger partial charge in [-0.05, 0) is 32.0 Å². The number of hydrogen-bond acceptors (Lipinski definition) is 5. The quantitative estimate of drug-likeness (QED) is 0.796. The molecular weight excluding hydrogens is 292 g/mol. The van der Waals surface area contributed by atoms with E-state index in [1.54, 1.807) is 28.8 Å². The summed E-state index contributed by atoms with van der Waals surface area (Å²) in [5, 5.41) is 15.8. The van der Waals surface area contributed by atoms with E-state index in [-0.39, 0.29) is 12.3 Å². The first-order valence-electron chi connectivity index (χ1n) is 7.04. The molecule has 3 aromatic rings. The first-order valence-corrected chi connectivity index (χ1v) is 7.04. The highest BCUT2D eigenvalue weighted by Crippen LogP contribution is 2.15. The third-order valence-corrected chi connectivity index (χ3v) is 3.60. The zero-order valence-electron chi connectivity index (χ0n) is 12.7. The van der Waals surface area contributed by atoms with Gasteiger partial charge in [0.25, 0.3) is 5.78 Å². The van der Waals surface area contributed by atoms with Crippen molar-refractivity contribution in [3.63, 3.8) is 0 Å². The number of nitrogens with one attached hydrogen (secondary N) is 1. The van der Waals surface area contributed by atoms with Crippen molar-refractivity contribution in [2.24, 2.45) is 0 Å². The maximum atomic E-state index is 12.3. The Morgan fingerprint density at radius 1 is 1.39 bits per heavy atom. The molecule has 0 saturated heterocycles. The second-order valence-electron chi connectivity index (χ2n) is 5.15. The summed E-state index contributed by atoms with van der Waals surface area (Å²) in [6.45, 7) is 3.73. The number of nitrogens with zero attached hydrogens (tertiary/aromatic N) is 5. The molecule has 1 N–H and O–H groups in total. The summed E-state index contributed by atoms with van der Waals surface area (Å²) in [6.07, 6.45) is 1.61. The van der Waals surface area contributed by atoms with Gasteiger partial charge in [0.1, 0.15) is 6.33 Å². The van der Waals surface area contributed by atoms with E-state index in [9.17, 15) is 4.79 Å². The van der Waals surface area contributed by atoms with Crippen molar-refractivity contribution in [1.29, 1.82) is 5.26 Å². The summed E-state index contributed by atoms with van der Waals surface area (Å²) >= 11 is 0. The highest BCUT2D eigenvalue weighted by atomic mass is 16.1. The number of carbonyl (C=O) groups is 1. The standard InChI is InChI=1S/C16H14N6O/c1-10-14(11(2)22-16(20-10)18-9-19-22)7-15(23)21-13-5-3-4-12(6-13)8-17/h3-6,9H,7H2,1-2H3,(H,21,23). The molecule has 3 rings (SSSR count). The van der Waals surface area contributed by atoms with E-state index in [4.69, 9.17) is 5.26 Å². The van der Waals surface area contributed by atoms with Gasteiger partial charge in [0.15, 0.2) is 0 Å². The fourth-order valence-corrected chi connectivity index (χ4v) is 2.44. The highest BCUT2D eigenvalue weighted by Gasteiger charge is 2.14. The number of carbonyl (C=O) groups excluding carboxylic acids is 1. The molecule has 23 heavy (non-hydrogen) atoms. The summed E-state index contributed by atoms with van der Waals surface area (Å²) in [5.41, 5.74) is 3.51. The summed E-state index contributed by atoms with van der Waals surface area (Å²) in [5.74, 6) is 0.346. The van der Waals surface area contributed by atoms with Crippen LogP contribution in [0.2, 0.25) is 0 Å².